The molecule has 0 atom stereocenters. The topological polar surface area (TPSA) is 72.6 Å². The highest BCUT2D eigenvalue weighted by Gasteiger charge is 2.11. The van der Waals surface area contributed by atoms with E-state index in [1.807, 2.05) is 17.5 Å². The Labute approximate surface area is 109 Å². The maximum Gasteiger partial charge on any atom is 0.339 e. The van der Waals surface area contributed by atoms with Gasteiger partial charge in [0.05, 0.1) is 6.61 Å². The second kappa shape index (κ2) is 5.55. The second-order valence-electron chi connectivity index (χ2n) is 3.74. The Morgan fingerprint density at radius 2 is 2.22 bits per heavy atom. The zero-order chi connectivity index (χ0) is 13.0. The minimum Gasteiger partial charge on any atom is -0.492 e. The molecule has 2 rings (SSSR count). The van der Waals surface area contributed by atoms with Crippen LogP contribution in [0.25, 0.3) is 0 Å². The van der Waals surface area contributed by atoms with E-state index in [0.717, 1.165) is 6.42 Å². The van der Waals surface area contributed by atoms with Crippen LogP contribution < -0.4 is 10.5 Å². The number of carboxylic acid groups (broad SMARTS) is 1. The third-order valence-electron chi connectivity index (χ3n) is 2.42. The van der Waals surface area contributed by atoms with Crippen LogP contribution in [0.1, 0.15) is 15.2 Å². The number of carbonyl (C=O) groups is 1. The number of hydrogen-bond acceptors (Lipinski definition) is 4. The first-order chi connectivity index (χ1) is 8.66. The Balaban J connectivity index is 2.03. The minimum absolute atomic E-state index is 0.135. The van der Waals surface area contributed by atoms with Gasteiger partial charge < -0.3 is 15.6 Å². The lowest BCUT2D eigenvalue weighted by Crippen LogP contribution is -2.06. The first kappa shape index (κ1) is 12.4. The van der Waals surface area contributed by atoms with Gasteiger partial charge in [-0.1, -0.05) is 6.07 Å². The Morgan fingerprint density at radius 3 is 2.89 bits per heavy atom. The summed E-state index contributed by atoms with van der Waals surface area (Å²) in [5.41, 5.74) is 6.25. The third-order valence-corrected chi connectivity index (χ3v) is 3.36. The molecular weight excluding hydrogens is 250 g/mol. The highest BCUT2D eigenvalue weighted by Crippen LogP contribution is 2.22. The maximum absolute atomic E-state index is 11.0. The summed E-state index contributed by atoms with van der Waals surface area (Å²) in [4.78, 5) is 12.2. The van der Waals surface area contributed by atoms with Crippen molar-refractivity contribution >= 4 is 23.0 Å². The number of rotatable bonds is 5. The van der Waals surface area contributed by atoms with Crippen LogP contribution in [-0.4, -0.2) is 17.7 Å². The zero-order valence-electron chi connectivity index (χ0n) is 9.63. The molecule has 0 aliphatic carbocycles. The van der Waals surface area contributed by atoms with Crippen molar-refractivity contribution < 1.29 is 14.6 Å². The zero-order valence-corrected chi connectivity index (χ0v) is 10.4. The molecule has 0 amide bonds. The van der Waals surface area contributed by atoms with Crippen LogP contribution in [0, 0.1) is 0 Å². The third kappa shape index (κ3) is 3.01. The lowest BCUT2D eigenvalue weighted by molar-refractivity contribution is 0.0692. The maximum atomic E-state index is 11.0. The smallest absolute Gasteiger partial charge is 0.339 e. The molecule has 4 nitrogen and oxygen atoms in total. The monoisotopic (exact) mass is 263 g/mol. The molecule has 0 fully saturated rings. The molecular formula is C13H13NO3S. The lowest BCUT2D eigenvalue weighted by Gasteiger charge is -2.09. The molecule has 0 saturated heterocycles. The van der Waals surface area contributed by atoms with Crippen LogP contribution in [0.2, 0.25) is 0 Å². The highest BCUT2D eigenvalue weighted by atomic mass is 32.1. The van der Waals surface area contributed by atoms with E-state index >= 15 is 0 Å². The predicted molar refractivity (Wildman–Crippen MR) is 71.3 cm³/mol. The summed E-state index contributed by atoms with van der Waals surface area (Å²) in [7, 11) is 0. The van der Waals surface area contributed by atoms with Crippen LogP contribution >= 0.6 is 11.3 Å². The number of benzene rings is 1. The van der Waals surface area contributed by atoms with Crippen LogP contribution in [0.3, 0.4) is 0 Å². The quantitative estimate of drug-likeness (QED) is 0.813. The van der Waals surface area contributed by atoms with Gasteiger partial charge in [-0.2, -0.15) is 0 Å². The minimum atomic E-state index is -1.01. The lowest BCUT2D eigenvalue weighted by atomic mass is 10.2. The molecule has 0 saturated carbocycles. The number of thiophene rings is 1. The van der Waals surface area contributed by atoms with Gasteiger partial charge in [-0.3, -0.25) is 0 Å². The standard InChI is InChI=1S/C13H13NO3S/c14-9-3-4-11(13(15)16)12(8-9)17-6-5-10-2-1-7-18-10/h1-4,7-8H,5-6,14H2,(H,15,16). The van der Waals surface area contributed by atoms with Crippen LogP contribution in [-0.2, 0) is 6.42 Å². The number of carboxylic acids is 1. The predicted octanol–water partition coefficient (Wildman–Crippen LogP) is 2.65. The van der Waals surface area contributed by atoms with E-state index in [1.54, 1.807) is 17.4 Å². The van der Waals surface area contributed by atoms with Crippen molar-refractivity contribution in [2.24, 2.45) is 0 Å². The summed E-state index contributed by atoms with van der Waals surface area (Å²) in [6, 6.07) is 8.54. The summed E-state index contributed by atoms with van der Waals surface area (Å²) in [5.74, 6) is -0.694. The van der Waals surface area contributed by atoms with Crippen LogP contribution in [0.15, 0.2) is 35.7 Å². The number of aromatic carboxylic acids is 1. The fourth-order valence-electron chi connectivity index (χ4n) is 1.55. The van der Waals surface area contributed by atoms with E-state index in [2.05, 4.69) is 0 Å². The van der Waals surface area contributed by atoms with E-state index in [1.165, 1.54) is 17.0 Å². The van der Waals surface area contributed by atoms with Crippen molar-refractivity contribution in [2.45, 2.75) is 6.42 Å². The van der Waals surface area contributed by atoms with Gasteiger partial charge in [-0.05, 0) is 23.6 Å². The Bertz CT molecular complexity index is 537. The van der Waals surface area contributed by atoms with Crippen molar-refractivity contribution in [1.29, 1.82) is 0 Å². The largest absolute Gasteiger partial charge is 0.492 e. The van der Waals surface area contributed by atoms with Crippen molar-refractivity contribution in [3.8, 4) is 5.75 Å². The molecule has 1 heterocycles. The van der Waals surface area contributed by atoms with Crippen LogP contribution in [0.4, 0.5) is 5.69 Å². The Kier molecular flexibility index (Phi) is 3.84. The van der Waals surface area contributed by atoms with E-state index in [0.29, 0.717) is 18.0 Å². The van der Waals surface area contributed by atoms with Gasteiger partial charge in [-0.15, -0.1) is 11.3 Å². The van der Waals surface area contributed by atoms with Crippen molar-refractivity contribution in [1.82, 2.24) is 0 Å². The normalized spacial score (nSPS) is 10.2. The van der Waals surface area contributed by atoms with Gasteiger partial charge in [0.1, 0.15) is 11.3 Å². The van der Waals surface area contributed by atoms with Crippen molar-refractivity contribution in [2.75, 3.05) is 12.3 Å². The number of nitrogen functional groups attached to an aromatic ring is 1. The van der Waals surface area contributed by atoms with Gasteiger partial charge in [0, 0.05) is 23.1 Å². The number of anilines is 1. The van der Waals surface area contributed by atoms with Gasteiger partial charge in [0.25, 0.3) is 0 Å². The van der Waals surface area contributed by atoms with E-state index in [4.69, 9.17) is 15.6 Å². The van der Waals surface area contributed by atoms with Crippen molar-refractivity contribution in [3.05, 3.63) is 46.2 Å². The van der Waals surface area contributed by atoms with E-state index < -0.39 is 5.97 Å². The van der Waals surface area contributed by atoms with Gasteiger partial charge >= 0.3 is 5.97 Å². The van der Waals surface area contributed by atoms with Gasteiger partial charge in [0.15, 0.2) is 0 Å². The second-order valence-corrected chi connectivity index (χ2v) is 4.77. The molecule has 18 heavy (non-hydrogen) atoms. The fraction of sp³-hybridized carbons (Fsp3) is 0.154. The summed E-state index contributed by atoms with van der Waals surface area (Å²) >= 11 is 1.65. The van der Waals surface area contributed by atoms with Gasteiger partial charge in [0.2, 0.25) is 0 Å². The fourth-order valence-corrected chi connectivity index (χ4v) is 2.24. The molecule has 2 aromatic rings. The summed E-state index contributed by atoms with van der Waals surface area (Å²) < 4.78 is 5.50. The molecule has 0 unspecified atom stereocenters. The number of ether oxygens (including phenoxy) is 1. The van der Waals surface area contributed by atoms with Gasteiger partial charge in [-0.25, -0.2) is 4.79 Å². The molecule has 0 aliphatic rings. The van der Waals surface area contributed by atoms with E-state index in [9.17, 15) is 4.79 Å². The summed E-state index contributed by atoms with van der Waals surface area (Å²) in [6.07, 6.45) is 0.755. The highest BCUT2D eigenvalue weighted by molar-refractivity contribution is 7.09. The molecule has 0 radical (unpaired) electrons. The SMILES string of the molecule is Nc1ccc(C(=O)O)c(OCCc2cccs2)c1. The average Bonchev–Trinajstić information content (AvgIpc) is 2.82. The number of nitrogens with two attached hydrogens (primary N) is 1. The molecule has 5 heteroatoms. The molecule has 0 aliphatic heterocycles. The molecule has 0 spiro atoms. The average molecular weight is 263 g/mol. The molecule has 94 valence electrons. The molecule has 1 aromatic carbocycles. The first-order valence-corrected chi connectivity index (χ1v) is 6.33. The van der Waals surface area contributed by atoms with Crippen molar-refractivity contribution in [3.63, 3.8) is 0 Å². The van der Waals surface area contributed by atoms with E-state index in [-0.39, 0.29) is 5.56 Å². The summed E-state index contributed by atoms with van der Waals surface area (Å²) in [5, 5.41) is 11.0. The molecule has 3 N–H and O–H groups in total. The molecule has 0 bridgehead atoms. The van der Waals surface area contributed by atoms with Crippen LogP contribution in [0.5, 0.6) is 5.75 Å². The number of hydrogen-bond donors (Lipinski definition) is 2. The summed E-state index contributed by atoms with van der Waals surface area (Å²) in [6.45, 7) is 0.435. The first-order valence-electron chi connectivity index (χ1n) is 5.45. The Hall–Kier alpha value is -2.01. The Morgan fingerprint density at radius 1 is 1.39 bits per heavy atom. The molecule has 1 aromatic heterocycles.